The molecule has 19 heavy (non-hydrogen) atoms. The van der Waals surface area contributed by atoms with Crippen molar-refractivity contribution in [2.75, 3.05) is 11.9 Å². The van der Waals surface area contributed by atoms with Crippen molar-refractivity contribution in [2.45, 2.75) is 46.6 Å². The predicted molar refractivity (Wildman–Crippen MR) is 77.5 cm³/mol. The van der Waals surface area contributed by atoms with Crippen LogP contribution >= 0.6 is 0 Å². The Morgan fingerprint density at radius 2 is 2.16 bits per heavy atom. The number of nitrogens with one attached hydrogen (secondary N) is 2. The van der Waals surface area contributed by atoms with Gasteiger partial charge in [0.2, 0.25) is 5.95 Å². The second kappa shape index (κ2) is 5.91. The van der Waals surface area contributed by atoms with E-state index in [1.54, 1.807) is 0 Å². The van der Waals surface area contributed by atoms with Gasteiger partial charge in [0.25, 0.3) is 0 Å². The summed E-state index contributed by atoms with van der Waals surface area (Å²) < 4.78 is 2.18. The van der Waals surface area contributed by atoms with Crippen LogP contribution in [-0.4, -0.2) is 26.3 Å². The van der Waals surface area contributed by atoms with E-state index >= 15 is 0 Å². The number of aromatic amines is 1. The monoisotopic (exact) mass is 261 g/mol. The Balaban J connectivity index is 1.84. The molecule has 2 rings (SSSR count). The van der Waals surface area contributed by atoms with Crippen LogP contribution in [0.15, 0.2) is 12.4 Å². The van der Waals surface area contributed by atoms with Gasteiger partial charge in [0.15, 0.2) is 0 Å². The minimum atomic E-state index is 0.430. The average molecular weight is 261 g/mol. The van der Waals surface area contributed by atoms with Crippen molar-refractivity contribution >= 4 is 5.95 Å². The fourth-order valence-electron chi connectivity index (χ4n) is 2.15. The van der Waals surface area contributed by atoms with Crippen LogP contribution in [-0.2, 0) is 6.42 Å². The Hall–Kier alpha value is -1.78. The molecular formula is C14H23N5. The maximum atomic E-state index is 4.52. The Morgan fingerprint density at radius 3 is 2.79 bits per heavy atom. The third-order valence-corrected chi connectivity index (χ3v) is 3.25. The van der Waals surface area contributed by atoms with Gasteiger partial charge in [0.05, 0.1) is 11.9 Å². The first-order chi connectivity index (χ1) is 9.08. The van der Waals surface area contributed by atoms with Gasteiger partial charge in [-0.2, -0.15) is 5.10 Å². The molecule has 0 aliphatic rings. The van der Waals surface area contributed by atoms with Crippen molar-refractivity contribution in [1.82, 2.24) is 19.7 Å². The number of H-pyrrole nitrogens is 1. The van der Waals surface area contributed by atoms with Crippen molar-refractivity contribution in [3.05, 3.63) is 29.3 Å². The van der Waals surface area contributed by atoms with Gasteiger partial charge in [-0.25, -0.2) is 4.98 Å². The number of aryl methyl sites for hydroxylation is 3. The van der Waals surface area contributed by atoms with Gasteiger partial charge in [-0.15, -0.1) is 0 Å². The first kappa shape index (κ1) is 13.6. The largest absolute Gasteiger partial charge is 0.356 e. The topological polar surface area (TPSA) is 58.5 Å². The van der Waals surface area contributed by atoms with E-state index in [1.165, 1.54) is 11.3 Å². The van der Waals surface area contributed by atoms with Crippen molar-refractivity contribution in [1.29, 1.82) is 0 Å². The van der Waals surface area contributed by atoms with E-state index in [2.05, 4.69) is 52.0 Å². The van der Waals surface area contributed by atoms with Crippen LogP contribution in [0.25, 0.3) is 0 Å². The summed E-state index contributed by atoms with van der Waals surface area (Å²) in [6, 6.07) is 0.430. The molecule has 0 aliphatic carbocycles. The van der Waals surface area contributed by atoms with Gasteiger partial charge in [-0.1, -0.05) is 0 Å². The Morgan fingerprint density at radius 1 is 1.37 bits per heavy atom. The Bertz CT molecular complexity index is 524. The van der Waals surface area contributed by atoms with Crippen molar-refractivity contribution in [3.8, 4) is 0 Å². The van der Waals surface area contributed by atoms with Crippen LogP contribution in [0.3, 0.4) is 0 Å². The quantitative estimate of drug-likeness (QED) is 0.786. The first-order valence-corrected chi connectivity index (χ1v) is 6.86. The Kier molecular flexibility index (Phi) is 4.24. The van der Waals surface area contributed by atoms with E-state index in [-0.39, 0.29) is 0 Å². The molecule has 0 saturated carbocycles. The highest BCUT2D eigenvalue weighted by atomic mass is 15.2. The summed E-state index contributed by atoms with van der Waals surface area (Å²) in [6.07, 6.45) is 6.11. The zero-order chi connectivity index (χ0) is 13.8. The minimum Gasteiger partial charge on any atom is -0.356 e. The van der Waals surface area contributed by atoms with Gasteiger partial charge in [-0.05, 0) is 46.1 Å². The normalized spacial score (nSPS) is 11.2. The lowest BCUT2D eigenvalue weighted by atomic mass is 10.1. The van der Waals surface area contributed by atoms with Crippen LogP contribution in [0.2, 0.25) is 0 Å². The Labute approximate surface area is 114 Å². The van der Waals surface area contributed by atoms with Crippen molar-refractivity contribution in [3.63, 3.8) is 0 Å². The second-order valence-corrected chi connectivity index (χ2v) is 5.26. The highest BCUT2D eigenvalue weighted by molar-refractivity contribution is 5.29. The minimum absolute atomic E-state index is 0.430. The maximum Gasteiger partial charge on any atom is 0.203 e. The molecule has 0 amide bonds. The zero-order valence-electron chi connectivity index (χ0n) is 12.2. The van der Waals surface area contributed by atoms with E-state index in [4.69, 9.17) is 0 Å². The van der Waals surface area contributed by atoms with Gasteiger partial charge in [0, 0.05) is 24.5 Å². The molecule has 5 heteroatoms. The molecule has 0 atom stereocenters. The fraction of sp³-hybridized carbons (Fsp3) is 0.571. The van der Waals surface area contributed by atoms with E-state index in [9.17, 15) is 0 Å². The van der Waals surface area contributed by atoms with Gasteiger partial charge in [0.1, 0.15) is 0 Å². The lowest BCUT2D eigenvalue weighted by Crippen LogP contribution is -2.10. The average Bonchev–Trinajstić information content (AvgIpc) is 2.91. The number of hydrogen-bond donors (Lipinski definition) is 2. The highest BCUT2D eigenvalue weighted by Crippen LogP contribution is 2.15. The summed E-state index contributed by atoms with van der Waals surface area (Å²) in [4.78, 5) is 4.52. The second-order valence-electron chi connectivity index (χ2n) is 5.26. The third kappa shape index (κ3) is 3.36. The van der Waals surface area contributed by atoms with Crippen LogP contribution in [0.4, 0.5) is 5.95 Å². The molecule has 0 aliphatic heterocycles. The predicted octanol–water partition coefficient (Wildman–Crippen LogP) is 2.85. The summed E-state index contributed by atoms with van der Waals surface area (Å²) in [5, 5.41) is 10.4. The molecule has 2 heterocycles. The van der Waals surface area contributed by atoms with Crippen molar-refractivity contribution < 1.29 is 0 Å². The smallest absolute Gasteiger partial charge is 0.203 e. The van der Waals surface area contributed by atoms with Crippen molar-refractivity contribution in [2.24, 2.45) is 0 Å². The van der Waals surface area contributed by atoms with E-state index in [0.29, 0.717) is 6.04 Å². The summed E-state index contributed by atoms with van der Waals surface area (Å²) in [5.41, 5.74) is 3.52. The number of hydrogen-bond acceptors (Lipinski definition) is 3. The molecule has 2 aromatic rings. The summed E-state index contributed by atoms with van der Waals surface area (Å²) in [7, 11) is 0. The number of rotatable bonds is 6. The lowest BCUT2D eigenvalue weighted by Gasteiger charge is -2.12. The molecule has 0 unspecified atom stereocenters. The fourth-order valence-corrected chi connectivity index (χ4v) is 2.15. The molecule has 5 nitrogen and oxygen atoms in total. The van der Waals surface area contributed by atoms with E-state index in [1.807, 2.05) is 13.1 Å². The summed E-state index contributed by atoms with van der Waals surface area (Å²) >= 11 is 0. The SMILES string of the molecule is Cc1cn(C(C)C)c(NCCCc2cn[nH]c2C)n1. The van der Waals surface area contributed by atoms with E-state index < -0.39 is 0 Å². The summed E-state index contributed by atoms with van der Waals surface area (Å²) in [6.45, 7) is 9.35. The molecule has 0 saturated heterocycles. The number of imidazole rings is 1. The molecule has 104 valence electrons. The summed E-state index contributed by atoms with van der Waals surface area (Å²) in [5.74, 6) is 0.969. The van der Waals surface area contributed by atoms with Crippen LogP contribution in [0.5, 0.6) is 0 Å². The third-order valence-electron chi connectivity index (χ3n) is 3.25. The molecule has 0 bridgehead atoms. The maximum absolute atomic E-state index is 4.52. The standard InChI is InChI=1S/C14H23N5/c1-10(2)19-9-11(3)17-14(19)15-7-5-6-13-8-16-18-12(13)4/h8-10H,5-7H2,1-4H3,(H,15,17)(H,16,18). The lowest BCUT2D eigenvalue weighted by molar-refractivity contribution is 0.603. The first-order valence-electron chi connectivity index (χ1n) is 6.86. The van der Waals surface area contributed by atoms with Crippen LogP contribution < -0.4 is 5.32 Å². The zero-order valence-corrected chi connectivity index (χ0v) is 12.2. The van der Waals surface area contributed by atoms with Crippen LogP contribution in [0, 0.1) is 13.8 Å². The van der Waals surface area contributed by atoms with E-state index in [0.717, 1.165) is 31.0 Å². The molecule has 0 fully saturated rings. The van der Waals surface area contributed by atoms with Gasteiger partial charge >= 0.3 is 0 Å². The number of anilines is 1. The van der Waals surface area contributed by atoms with Gasteiger partial charge in [-0.3, -0.25) is 5.10 Å². The highest BCUT2D eigenvalue weighted by Gasteiger charge is 2.07. The number of nitrogens with zero attached hydrogens (tertiary/aromatic N) is 3. The molecule has 0 radical (unpaired) electrons. The number of aromatic nitrogens is 4. The molecule has 2 aromatic heterocycles. The van der Waals surface area contributed by atoms with Gasteiger partial charge < -0.3 is 9.88 Å². The van der Waals surface area contributed by atoms with Crippen LogP contribution in [0.1, 0.15) is 43.3 Å². The molecule has 2 N–H and O–H groups in total. The molecular weight excluding hydrogens is 238 g/mol. The molecule has 0 aromatic carbocycles. The molecule has 0 spiro atoms.